The Morgan fingerprint density at radius 2 is 1.81 bits per heavy atom. The number of nitrogens with zero attached hydrogens (tertiary/aromatic N) is 1. The number of ether oxygens (including phenoxy) is 1. The Kier molecular flexibility index (Phi) is 4.04. The second kappa shape index (κ2) is 5.92. The van der Waals surface area contributed by atoms with Gasteiger partial charge in [0.15, 0.2) is 5.58 Å². The van der Waals surface area contributed by atoms with Gasteiger partial charge in [-0.25, -0.2) is 0 Å². The molecule has 0 saturated heterocycles. The minimum Gasteiger partial charge on any atom is -0.485 e. The summed E-state index contributed by atoms with van der Waals surface area (Å²) in [7, 11) is 0. The molecule has 0 radical (unpaired) electrons. The predicted molar refractivity (Wildman–Crippen MR) is 101 cm³/mol. The highest BCUT2D eigenvalue weighted by Crippen LogP contribution is 2.44. The highest BCUT2D eigenvalue weighted by atomic mass is 35.5. The van der Waals surface area contributed by atoms with Gasteiger partial charge in [-0.05, 0) is 32.0 Å². The minimum atomic E-state index is -1.07. The van der Waals surface area contributed by atoms with E-state index in [9.17, 15) is 9.90 Å². The van der Waals surface area contributed by atoms with Crippen LogP contribution in [0, 0.1) is 0 Å². The molecule has 8 heteroatoms. The van der Waals surface area contributed by atoms with Crippen LogP contribution in [0.5, 0.6) is 5.75 Å². The number of rotatable bonds is 1. The van der Waals surface area contributed by atoms with Gasteiger partial charge in [0.2, 0.25) is 0 Å². The molecule has 4 rings (SSSR count). The van der Waals surface area contributed by atoms with Crippen molar-refractivity contribution in [1.29, 1.82) is 0 Å². The fraction of sp³-hybridized carbons (Fsp3) is 0.278. The van der Waals surface area contributed by atoms with Crippen LogP contribution in [-0.2, 0) is 0 Å². The molecule has 0 bridgehead atoms. The van der Waals surface area contributed by atoms with E-state index in [-0.39, 0.29) is 10.6 Å². The smallest absolute Gasteiger partial charge is 0.291 e. The van der Waals surface area contributed by atoms with E-state index in [2.05, 4.69) is 0 Å². The van der Waals surface area contributed by atoms with E-state index in [4.69, 9.17) is 44.1 Å². The summed E-state index contributed by atoms with van der Waals surface area (Å²) in [6.45, 7) is 3.45. The molecule has 1 aromatic heterocycles. The molecule has 0 aliphatic carbocycles. The first-order valence-electron chi connectivity index (χ1n) is 7.86. The summed E-state index contributed by atoms with van der Waals surface area (Å²) < 4.78 is 12.8. The summed E-state index contributed by atoms with van der Waals surface area (Å²) in [6, 6.07) is 7.08. The number of aliphatic hydroxyl groups is 1. The lowest BCUT2D eigenvalue weighted by Gasteiger charge is -2.41. The molecule has 0 saturated carbocycles. The van der Waals surface area contributed by atoms with E-state index in [1.807, 2.05) is 0 Å². The summed E-state index contributed by atoms with van der Waals surface area (Å²) in [6.07, 6.45) is -1.07. The first-order valence-corrected chi connectivity index (χ1v) is 8.99. The van der Waals surface area contributed by atoms with Gasteiger partial charge in [-0.2, -0.15) is 4.74 Å². The summed E-state index contributed by atoms with van der Waals surface area (Å²) in [5.74, 6) is 0.435. The lowest BCUT2D eigenvalue weighted by Crippen LogP contribution is -2.51. The van der Waals surface area contributed by atoms with Crippen molar-refractivity contribution in [3.63, 3.8) is 0 Å². The molecule has 3 aromatic rings. The third-order valence-corrected chi connectivity index (χ3v) is 5.54. The van der Waals surface area contributed by atoms with Gasteiger partial charge in [-0.1, -0.05) is 34.8 Å². The van der Waals surface area contributed by atoms with E-state index in [0.717, 1.165) is 4.74 Å². The number of hydrogen-bond donors (Lipinski definition) is 1. The Hall–Kier alpha value is -1.66. The van der Waals surface area contributed by atoms with Crippen LogP contribution in [0.2, 0.25) is 15.1 Å². The van der Waals surface area contributed by atoms with Gasteiger partial charge < -0.3 is 14.4 Å². The maximum absolute atomic E-state index is 12.9. The molecule has 1 N–H and O–H groups in total. The van der Waals surface area contributed by atoms with Crippen molar-refractivity contribution in [2.45, 2.75) is 31.6 Å². The van der Waals surface area contributed by atoms with Gasteiger partial charge in [0, 0.05) is 22.7 Å². The van der Waals surface area contributed by atoms with Crippen LogP contribution in [-0.4, -0.2) is 21.6 Å². The summed E-state index contributed by atoms with van der Waals surface area (Å²) >= 11 is 18.2. The number of fused-ring (bicyclic) bond motifs is 2. The number of benzene rings is 2. The second-order valence-electron chi connectivity index (χ2n) is 6.76. The molecule has 1 aliphatic heterocycles. The normalized spacial score (nSPS) is 21.5. The Labute approximate surface area is 163 Å². The monoisotopic (exact) mass is 413 g/mol. The van der Waals surface area contributed by atoms with Gasteiger partial charge >= 0.3 is 0 Å². The standard InChI is InChI=1S/C18H14Cl3NO4/c1-18(2)16(23)15(10-6-11(20)12(21)7-13(10)25-18)22-17(24)9-4-3-8(19)5-14(9)26-22/h3-7,15-16,23H,1-2H3/t15-,16+/m1/s1. The Morgan fingerprint density at radius 1 is 1.12 bits per heavy atom. The quantitative estimate of drug-likeness (QED) is 0.628. The van der Waals surface area contributed by atoms with E-state index in [1.165, 1.54) is 0 Å². The van der Waals surface area contributed by atoms with E-state index in [0.29, 0.717) is 32.3 Å². The molecule has 2 heterocycles. The minimum absolute atomic E-state index is 0.290. The Balaban J connectivity index is 2.00. The van der Waals surface area contributed by atoms with Crippen molar-refractivity contribution in [3.8, 4) is 5.75 Å². The summed E-state index contributed by atoms with van der Waals surface area (Å²) in [5, 5.41) is 12.3. The first-order chi connectivity index (χ1) is 12.2. The number of aromatic nitrogens is 1. The number of aliphatic hydroxyl groups excluding tert-OH is 1. The topological polar surface area (TPSA) is 64.6 Å². The maximum atomic E-state index is 12.9. The molecule has 136 valence electrons. The van der Waals surface area contributed by atoms with Gasteiger partial charge in [0.25, 0.3) is 5.56 Å². The maximum Gasteiger partial charge on any atom is 0.291 e. The van der Waals surface area contributed by atoms with Gasteiger partial charge in [-0.15, -0.1) is 0 Å². The van der Waals surface area contributed by atoms with E-state index < -0.39 is 17.7 Å². The molecular weight excluding hydrogens is 401 g/mol. The summed E-state index contributed by atoms with van der Waals surface area (Å²) in [5.41, 5.74) is -0.514. The highest BCUT2D eigenvalue weighted by molar-refractivity contribution is 6.42. The fourth-order valence-electron chi connectivity index (χ4n) is 3.21. The lowest BCUT2D eigenvalue weighted by molar-refractivity contribution is -0.0763. The van der Waals surface area contributed by atoms with Crippen LogP contribution in [0.25, 0.3) is 11.0 Å². The number of halogens is 3. The Morgan fingerprint density at radius 3 is 2.54 bits per heavy atom. The van der Waals surface area contributed by atoms with Crippen molar-refractivity contribution in [2.75, 3.05) is 0 Å². The van der Waals surface area contributed by atoms with Crippen molar-refractivity contribution < 1.29 is 14.4 Å². The van der Waals surface area contributed by atoms with E-state index >= 15 is 0 Å². The largest absolute Gasteiger partial charge is 0.485 e. The average molecular weight is 415 g/mol. The molecule has 1 aliphatic rings. The zero-order valence-corrected chi connectivity index (χ0v) is 16.1. The van der Waals surface area contributed by atoms with Crippen LogP contribution in [0.1, 0.15) is 25.5 Å². The number of hydrogen-bond acceptors (Lipinski definition) is 4. The molecule has 0 fully saturated rings. The Bertz CT molecular complexity index is 1090. The molecule has 0 spiro atoms. The SMILES string of the molecule is CC1(C)Oc2cc(Cl)c(Cl)cc2[C@@H](n2oc3cc(Cl)ccc3c2=O)[C@@H]1O. The zero-order chi connectivity index (χ0) is 18.8. The molecule has 2 aromatic carbocycles. The highest BCUT2D eigenvalue weighted by Gasteiger charge is 2.46. The molecule has 0 amide bonds. The van der Waals surface area contributed by atoms with Crippen molar-refractivity contribution in [1.82, 2.24) is 4.74 Å². The summed E-state index contributed by atoms with van der Waals surface area (Å²) in [4.78, 5) is 12.9. The lowest BCUT2D eigenvalue weighted by atomic mass is 9.86. The fourth-order valence-corrected chi connectivity index (χ4v) is 3.70. The molecule has 0 unspecified atom stereocenters. The van der Waals surface area contributed by atoms with E-state index in [1.54, 1.807) is 44.2 Å². The third kappa shape index (κ3) is 2.62. The van der Waals surface area contributed by atoms with Crippen LogP contribution >= 0.6 is 34.8 Å². The van der Waals surface area contributed by atoms with Crippen molar-refractivity contribution in [2.24, 2.45) is 0 Å². The van der Waals surface area contributed by atoms with Crippen LogP contribution in [0.15, 0.2) is 39.6 Å². The second-order valence-corrected chi connectivity index (χ2v) is 8.01. The van der Waals surface area contributed by atoms with Gasteiger partial charge in [0.05, 0.1) is 15.4 Å². The molecule has 2 atom stereocenters. The third-order valence-electron chi connectivity index (χ3n) is 4.58. The van der Waals surface area contributed by atoms with Crippen LogP contribution in [0.4, 0.5) is 0 Å². The van der Waals surface area contributed by atoms with Crippen molar-refractivity contribution >= 4 is 45.8 Å². The molecular formula is C18H14Cl3NO4. The first kappa shape index (κ1) is 17.7. The van der Waals surface area contributed by atoms with Gasteiger partial charge in [-0.3, -0.25) is 4.79 Å². The molecule has 5 nitrogen and oxygen atoms in total. The average Bonchev–Trinajstić information content (AvgIpc) is 2.87. The van der Waals surface area contributed by atoms with Crippen molar-refractivity contribution in [3.05, 3.63) is 61.3 Å². The van der Waals surface area contributed by atoms with Crippen LogP contribution < -0.4 is 10.3 Å². The van der Waals surface area contributed by atoms with Crippen LogP contribution in [0.3, 0.4) is 0 Å². The molecule has 26 heavy (non-hydrogen) atoms. The van der Waals surface area contributed by atoms with Gasteiger partial charge in [0.1, 0.15) is 23.5 Å². The zero-order valence-electron chi connectivity index (χ0n) is 13.8. The predicted octanol–water partition coefficient (Wildman–Crippen LogP) is 4.68.